The van der Waals surface area contributed by atoms with E-state index in [1.54, 1.807) is 6.92 Å². The van der Waals surface area contributed by atoms with Crippen LogP contribution >= 0.6 is 11.6 Å². The predicted octanol–water partition coefficient (Wildman–Crippen LogP) is 2.85. The number of ether oxygens (including phenoxy) is 2. The molecule has 18 heavy (non-hydrogen) atoms. The molecule has 1 rings (SSSR count). The van der Waals surface area contributed by atoms with Gasteiger partial charge in [-0.1, -0.05) is 11.6 Å². The van der Waals surface area contributed by atoms with Crippen molar-refractivity contribution in [2.24, 2.45) is 0 Å². The number of alkyl halides is 3. The first-order valence-corrected chi connectivity index (χ1v) is 5.23. The summed E-state index contributed by atoms with van der Waals surface area (Å²) >= 11 is 5.64. The van der Waals surface area contributed by atoms with Gasteiger partial charge >= 0.3 is 12.1 Å². The van der Waals surface area contributed by atoms with Crippen molar-refractivity contribution in [3.63, 3.8) is 0 Å². The molecule has 0 bridgehead atoms. The standard InChI is InChI=1S/C10H9ClF3NO3/c1-2-17-9(16)6-3-7(11)8(15-4-6)18-5-10(12,13)14/h3-4H,2,5H2,1H3. The van der Waals surface area contributed by atoms with Crippen LogP contribution in [0.25, 0.3) is 0 Å². The SMILES string of the molecule is CCOC(=O)c1cnc(OCC(F)(F)F)c(Cl)c1. The predicted molar refractivity (Wildman–Crippen MR) is 56.8 cm³/mol. The van der Waals surface area contributed by atoms with Crippen molar-refractivity contribution in [2.75, 3.05) is 13.2 Å². The number of aromatic nitrogens is 1. The lowest BCUT2D eigenvalue weighted by molar-refractivity contribution is -0.154. The molecule has 4 nitrogen and oxygen atoms in total. The van der Waals surface area contributed by atoms with E-state index in [0.717, 1.165) is 12.3 Å². The molecule has 0 fully saturated rings. The highest BCUT2D eigenvalue weighted by molar-refractivity contribution is 6.32. The van der Waals surface area contributed by atoms with E-state index in [4.69, 9.17) is 11.6 Å². The molecular formula is C10H9ClF3NO3. The van der Waals surface area contributed by atoms with Crippen molar-refractivity contribution in [2.45, 2.75) is 13.1 Å². The Bertz CT molecular complexity index is 437. The Morgan fingerprint density at radius 1 is 1.50 bits per heavy atom. The summed E-state index contributed by atoms with van der Waals surface area (Å²) in [7, 11) is 0. The van der Waals surface area contributed by atoms with E-state index in [-0.39, 0.29) is 23.1 Å². The Morgan fingerprint density at radius 2 is 2.17 bits per heavy atom. The highest BCUT2D eigenvalue weighted by Crippen LogP contribution is 2.25. The van der Waals surface area contributed by atoms with Crippen LogP contribution in [0.2, 0.25) is 5.02 Å². The van der Waals surface area contributed by atoms with Crippen LogP contribution in [0.5, 0.6) is 5.88 Å². The molecule has 1 heterocycles. The van der Waals surface area contributed by atoms with Gasteiger partial charge in [-0.05, 0) is 13.0 Å². The van der Waals surface area contributed by atoms with Gasteiger partial charge in [-0.25, -0.2) is 9.78 Å². The number of hydrogen-bond acceptors (Lipinski definition) is 4. The summed E-state index contributed by atoms with van der Waals surface area (Å²) in [6.45, 7) is 0.287. The molecule has 0 N–H and O–H groups in total. The zero-order valence-electron chi connectivity index (χ0n) is 9.25. The average Bonchev–Trinajstić information content (AvgIpc) is 2.26. The van der Waals surface area contributed by atoms with Gasteiger partial charge in [0.15, 0.2) is 6.61 Å². The third-order valence-electron chi connectivity index (χ3n) is 1.69. The summed E-state index contributed by atoms with van der Waals surface area (Å²) in [6, 6.07) is 1.14. The van der Waals surface area contributed by atoms with E-state index in [1.807, 2.05) is 0 Å². The van der Waals surface area contributed by atoms with Gasteiger partial charge in [0.2, 0.25) is 5.88 Å². The van der Waals surface area contributed by atoms with E-state index in [0.29, 0.717) is 0 Å². The van der Waals surface area contributed by atoms with Crippen LogP contribution in [0.3, 0.4) is 0 Å². The van der Waals surface area contributed by atoms with Gasteiger partial charge in [0, 0.05) is 6.20 Å². The Morgan fingerprint density at radius 3 is 2.67 bits per heavy atom. The molecule has 8 heteroatoms. The van der Waals surface area contributed by atoms with Gasteiger partial charge in [-0.2, -0.15) is 13.2 Å². The fraction of sp³-hybridized carbons (Fsp3) is 0.400. The van der Waals surface area contributed by atoms with Gasteiger partial charge in [-0.15, -0.1) is 0 Å². The molecule has 100 valence electrons. The lowest BCUT2D eigenvalue weighted by atomic mass is 10.3. The number of carbonyl (C=O) groups is 1. The number of halogens is 4. The summed E-state index contributed by atoms with van der Waals surface area (Å²) in [4.78, 5) is 14.8. The number of pyridine rings is 1. The number of rotatable bonds is 4. The summed E-state index contributed by atoms with van der Waals surface area (Å²) in [5.74, 6) is -1.05. The van der Waals surface area contributed by atoms with Crippen molar-refractivity contribution in [3.05, 3.63) is 22.8 Å². The smallest absolute Gasteiger partial charge is 0.422 e. The fourth-order valence-corrected chi connectivity index (χ4v) is 1.23. The number of nitrogens with zero attached hydrogens (tertiary/aromatic N) is 1. The Balaban J connectivity index is 2.77. The maximum atomic E-state index is 11.9. The molecular weight excluding hydrogens is 275 g/mol. The third-order valence-corrected chi connectivity index (χ3v) is 1.96. The van der Waals surface area contributed by atoms with E-state index >= 15 is 0 Å². The van der Waals surface area contributed by atoms with E-state index < -0.39 is 18.8 Å². The van der Waals surface area contributed by atoms with Crippen LogP contribution in [0.1, 0.15) is 17.3 Å². The summed E-state index contributed by atoms with van der Waals surface area (Å²) in [5, 5.41) is -0.190. The Labute approximate surface area is 106 Å². The minimum Gasteiger partial charge on any atom is -0.467 e. The lowest BCUT2D eigenvalue weighted by Gasteiger charge is -2.10. The summed E-state index contributed by atoms with van der Waals surface area (Å²) < 4.78 is 44.8. The maximum Gasteiger partial charge on any atom is 0.422 e. The van der Waals surface area contributed by atoms with Gasteiger partial charge < -0.3 is 9.47 Å². The molecule has 0 aromatic carbocycles. The topological polar surface area (TPSA) is 48.4 Å². The Kier molecular flexibility index (Phi) is 4.77. The maximum absolute atomic E-state index is 11.9. The minimum absolute atomic E-state index is 0.0428. The molecule has 1 aromatic rings. The first kappa shape index (κ1) is 14.6. The number of carbonyl (C=O) groups excluding carboxylic acids is 1. The van der Waals surface area contributed by atoms with E-state index in [2.05, 4.69) is 14.5 Å². The van der Waals surface area contributed by atoms with Crippen molar-refractivity contribution >= 4 is 17.6 Å². The molecule has 0 saturated heterocycles. The molecule has 0 aliphatic rings. The average molecular weight is 284 g/mol. The van der Waals surface area contributed by atoms with Gasteiger partial charge in [0.25, 0.3) is 0 Å². The number of hydrogen-bond donors (Lipinski definition) is 0. The second-order valence-corrected chi connectivity index (χ2v) is 3.54. The molecule has 0 spiro atoms. The largest absolute Gasteiger partial charge is 0.467 e. The normalized spacial score (nSPS) is 11.2. The van der Waals surface area contributed by atoms with Crippen LogP contribution in [0.15, 0.2) is 12.3 Å². The first-order chi connectivity index (χ1) is 8.33. The van der Waals surface area contributed by atoms with Crippen LogP contribution < -0.4 is 4.74 Å². The fourth-order valence-electron chi connectivity index (χ4n) is 1.01. The van der Waals surface area contributed by atoms with Gasteiger partial charge in [0.1, 0.15) is 5.02 Å². The van der Waals surface area contributed by atoms with Crippen molar-refractivity contribution < 1.29 is 27.4 Å². The van der Waals surface area contributed by atoms with E-state index in [9.17, 15) is 18.0 Å². The minimum atomic E-state index is -4.48. The molecule has 0 saturated carbocycles. The second kappa shape index (κ2) is 5.90. The molecule has 0 aliphatic carbocycles. The van der Waals surface area contributed by atoms with Crippen LogP contribution in [0.4, 0.5) is 13.2 Å². The highest BCUT2D eigenvalue weighted by atomic mass is 35.5. The van der Waals surface area contributed by atoms with E-state index in [1.165, 1.54) is 0 Å². The second-order valence-electron chi connectivity index (χ2n) is 3.14. The monoisotopic (exact) mass is 283 g/mol. The molecule has 0 radical (unpaired) electrons. The third kappa shape index (κ3) is 4.40. The molecule has 0 atom stereocenters. The molecule has 0 amide bonds. The number of esters is 1. The van der Waals surface area contributed by atoms with Crippen molar-refractivity contribution in [1.82, 2.24) is 4.98 Å². The zero-order valence-corrected chi connectivity index (χ0v) is 10.0. The highest BCUT2D eigenvalue weighted by Gasteiger charge is 2.29. The van der Waals surface area contributed by atoms with Gasteiger partial charge in [0.05, 0.1) is 12.2 Å². The molecule has 0 unspecified atom stereocenters. The quantitative estimate of drug-likeness (QED) is 0.797. The zero-order chi connectivity index (χ0) is 13.8. The summed E-state index contributed by atoms with van der Waals surface area (Å²) in [6.07, 6.45) is -3.44. The molecule has 0 aliphatic heterocycles. The van der Waals surface area contributed by atoms with Crippen LogP contribution in [0, 0.1) is 0 Å². The Hall–Kier alpha value is -1.50. The lowest BCUT2D eigenvalue weighted by Crippen LogP contribution is -2.20. The van der Waals surface area contributed by atoms with Crippen molar-refractivity contribution in [3.8, 4) is 5.88 Å². The van der Waals surface area contributed by atoms with Crippen LogP contribution in [-0.4, -0.2) is 30.3 Å². The first-order valence-electron chi connectivity index (χ1n) is 4.85. The summed E-state index contributed by atoms with van der Waals surface area (Å²) in [5.41, 5.74) is 0.0428. The van der Waals surface area contributed by atoms with Crippen LogP contribution in [-0.2, 0) is 4.74 Å². The van der Waals surface area contributed by atoms with Crippen molar-refractivity contribution in [1.29, 1.82) is 0 Å². The van der Waals surface area contributed by atoms with Gasteiger partial charge in [-0.3, -0.25) is 0 Å². The molecule has 1 aromatic heterocycles.